The van der Waals surface area contributed by atoms with Gasteiger partial charge < -0.3 is 14.4 Å². The van der Waals surface area contributed by atoms with Crippen molar-refractivity contribution in [3.8, 4) is 5.75 Å². The molecule has 1 aromatic rings. The van der Waals surface area contributed by atoms with Gasteiger partial charge in [0.25, 0.3) is 0 Å². The van der Waals surface area contributed by atoms with E-state index in [9.17, 15) is 5.02 Å². The van der Waals surface area contributed by atoms with Crippen molar-refractivity contribution in [3.63, 3.8) is 0 Å². The molecule has 1 rings (SSSR count). The van der Waals surface area contributed by atoms with Gasteiger partial charge in [-0.3, -0.25) is 0 Å². The summed E-state index contributed by atoms with van der Waals surface area (Å²) < 4.78 is 9.78. The second kappa shape index (κ2) is 4.14. The molecule has 1 aromatic carbocycles. The minimum Gasteiger partial charge on any atom is -0.497 e. The minimum atomic E-state index is -0.916. The Bertz CT molecular complexity index is 252. The van der Waals surface area contributed by atoms with Crippen LogP contribution < -0.4 is 10.2 Å². The SMILES string of the molecule is COB(O)c1ccccc1OC. The average Bonchev–Trinajstić information content (AvgIpc) is 2.16. The molecule has 0 saturated heterocycles. The Kier molecular flexibility index (Phi) is 3.14. The van der Waals surface area contributed by atoms with E-state index in [0.717, 1.165) is 0 Å². The molecule has 0 spiro atoms. The minimum absolute atomic E-state index is 0.631. The highest BCUT2D eigenvalue weighted by molar-refractivity contribution is 6.61. The summed E-state index contributed by atoms with van der Waals surface area (Å²) in [5, 5.41) is 9.34. The lowest BCUT2D eigenvalue weighted by Crippen LogP contribution is -2.33. The number of benzene rings is 1. The predicted octanol–water partition coefficient (Wildman–Crippen LogP) is 0.0291. The second-order valence-electron chi connectivity index (χ2n) is 2.33. The molecule has 0 aliphatic heterocycles. The number of rotatable bonds is 3. The van der Waals surface area contributed by atoms with E-state index in [-0.39, 0.29) is 0 Å². The zero-order valence-electron chi connectivity index (χ0n) is 7.15. The summed E-state index contributed by atoms with van der Waals surface area (Å²) in [6.07, 6.45) is 0. The van der Waals surface area contributed by atoms with Crippen LogP contribution in [0.1, 0.15) is 0 Å². The van der Waals surface area contributed by atoms with Crippen LogP contribution in [-0.2, 0) is 4.65 Å². The lowest BCUT2D eigenvalue weighted by molar-refractivity contribution is 0.338. The summed E-state index contributed by atoms with van der Waals surface area (Å²) in [6.45, 7) is 0. The van der Waals surface area contributed by atoms with Crippen LogP contribution in [0.25, 0.3) is 0 Å². The molecule has 4 heteroatoms. The van der Waals surface area contributed by atoms with Gasteiger partial charge in [0.1, 0.15) is 5.75 Å². The lowest BCUT2D eigenvalue weighted by atomic mass is 9.79. The molecule has 0 bridgehead atoms. The first-order valence-corrected chi connectivity index (χ1v) is 3.63. The van der Waals surface area contributed by atoms with Gasteiger partial charge in [0.2, 0.25) is 0 Å². The van der Waals surface area contributed by atoms with Crippen LogP contribution in [0.3, 0.4) is 0 Å². The third kappa shape index (κ3) is 1.78. The summed E-state index contributed by atoms with van der Waals surface area (Å²) in [7, 11) is 2.08. The van der Waals surface area contributed by atoms with E-state index in [4.69, 9.17) is 9.39 Å². The molecule has 0 fully saturated rings. The number of methoxy groups -OCH3 is 1. The van der Waals surface area contributed by atoms with Gasteiger partial charge in [-0.2, -0.15) is 0 Å². The van der Waals surface area contributed by atoms with Crippen LogP contribution in [0.4, 0.5) is 0 Å². The van der Waals surface area contributed by atoms with Crippen molar-refractivity contribution in [2.24, 2.45) is 0 Å². The fraction of sp³-hybridized carbons (Fsp3) is 0.250. The van der Waals surface area contributed by atoms with E-state index in [1.54, 1.807) is 19.2 Å². The van der Waals surface area contributed by atoms with Crippen LogP contribution in [0.15, 0.2) is 24.3 Å². The molecule has 12 heavy (non-hydrogen) atoms. The van der Waals surface area contributed by atoms with E-state index >= 15 is 0 Å². The largest absolute Gasteiger partial charge is 0.497 e. The van der Waals surface area contributed by atoms with Crippen LogP contribution in [-0.4, -0.2) is 26.4 Å². The molecule has 0 aliphatic rings. The highest BCUT2D eigenvalue weighted by Crippen LogP contribution is 2.05. The number of para-hydroxylation sites is 1. The molecule has 64 valence electrons. The monoisotopic (exact) mass is 166 g/mol. The Morgan fingerprint density at radius 3 is 2.50 bits per heavy atom. The Morgan fingerprint density at radius 1 is 1.25 bits per heavy atom. The van der Waals surface area contributed by atoms with Crippen molar-refractivity contribution < 1.29 is 14.4 Å². The highest BCUT2D eigenvalue weighted by Gasteiger charge is 2.18. The summed E-state index contributed by atoms with van der Waals surface area (Å²) in [5.74, 6) is 0.631. The number of hydrogen-bond acceptors (Lipinski definition) is 3. The maximum Gasteiger partial charge on any atom is 0.494 e. The quantitative estimate of drug-likeness (QED) is 0.643. The molecule has 3 nitrogen and oxygen atoms in total. The van der Waals surface area contributed by atoms with Crippen LogP contribution >= 0.6 is 0 Å². The Morgan fingerprint density at radius 2 is 1.92 bits per heavy atom. The zero-order valence-corrected chi connectivity index (χ0v) is 7.15. The third-order valence-corrected chi connectivity index (χ3v) is 1.63. The maximum atomic E-state index is 9.34. The number of hydrogen-bond donors (Lipinski definition) is 1. The van der Waals surface area contributed by atoms with E-state index in [1.165, 1.54) is 7.11 Å². The normalized spacial score (nSPS) is 9.58. The molecule has 1 N–H and O–H groups in total. The summed E-state index contributed by atoms with van der Waals surface area (Å²) in [6, 6.07) is 7.19. The summed E-state index contributed by atoms with van der Waals surface area (Å²) in [5.41, 5.74) is 0.641. The topological polar surface area (TPSA) is 38.7 Å². The van der Waals surface area contributed by atoms with Gasteiger partial charge in [0.15, 0.2) is 0 Å². The standard InChI is InChI=1S/C8H11BO3/c1-11-8-6-4-3-5-7(8)9(10)12-2/h3-6,10H,1-2H3. The third-order valence-electron chi connectivity index (χ3n) is 1.63. The van der Waals surface area contributed by atoms with Crippen molar-refractivity contribution >= 4 is 12.6 Å². The second-order valence-corrected chi connectivity index (χ2v) is 2.33. The Balaban J connectivity index is 2.96. The van der Waals surface area contributed by atoms with Crippen LogP contribution in [0.2, 0.25) is 0 Å². The maximum absolute atomic E-state index is 9.34. The van der Waals surface area contributed by atoms with Gasteiger partial charge in [-0.05, 0) is 6.07 Å². The zero-order chi connectivity index (χ0) is 8.97. The first-order valence-electron chi connectivity index (χ1n) is 3.63. The van der Waals surface area contributed by atoms with Gasteiger partial charge in [-0.25, -0.2) is 0 Å². The highest BCUT2D eigenvalue weighted by atomic mass is 16.5. The molecule has 0 aromatic heterocycles. The van der Waals surface area contributed by atoms with Gasteiger partial charge in [0.05, 0.1) is 7.11 Å². The molecular weight excluding hydrogens is 155 g/mol. The average molecular weight is 166 g/mol. The molecule has 0 atom stereocenters. The summed E-state index contributed by atoms with van der Waals surface area (Å²) in [4.78, 5) is 0. The van der Waals surface area contributed by atoms with E-state index in [1.807, 2.05) is 12.1 Å². The van der Waals surface area contributed by atoms with Crippen molar-refractivity contribution in [1.29, 1.82) is 0 Å². The van der Waals surface area contributed by atoms with Gasteiger partial charge in [-0.15, -0.1) is 0 Å². The van der Waals surface area contributed by atoms with Crippen LogP contribution in [0, 0.1) is 0 Å². The first kappa shape index (κ1) is 9.10. The van der Waals surface area contributed by atoms with Crippen molar-refractivity contribution in [3.05, 3.63) is 24.3 Å². The van der Waals surface area contributed by atoms with Gasteiger partial charge >= 0.3 is 7.12 Å². The molecule has 0 radical (unpaired) electrons. The molecule has 0 unspecified atom stereocenters. The number of ether oxygens (including phenoxy) is 1. The molecule has 0 saturated carbocycles. The lowest BCUT2D eigenvalue weighted by Gasteiger charge is -2.08. The Hall–Kier alpha value is -0.995. The molecule has 0 amide bonds. The predicted molar refractivity (Wildman–Crippen MR) is 47.6 cm³/mol. The fourth-order valence-electron chi connectivity index (χ4n) is 0.997. The van der Waals surface area contributed by atoms with Gasteiger partial charge in [-0.1, -0.05) is 18.2 Å². The van der Waals surface area contributed by atoms with Crippen molar-refractivity contribution in [2.75, 3.05) is 14.2 Å². The molecule has 0 aliphatic carbocycles. The smallest absolute Gasteiger partial charge is 0.494 e. The van der Waals surface area contributed by atoms with E-state index in [0.29, 0.717) is 11.2 Å². The molecule has 0 heterocycles. The fourth-order valence-corrected chi connectivity index (χ4v) is 0.997. The van der Waals surface area contributed by atoms with Gasteiger partial charge in [0, 0.05) is 12.6 Å². The Labute approximate surface area is 72.1 Å². The van der Waals surface area contributed by atoms with Crippen molar-refractivity contribution in [2.45, 2.75) is 0 Å². The molecular formula is C8H11BO3. The first-order chi connectivity index (χ1) is 5.79. The van der Waals surface area contributed by atoms with Crippen LogP contribution in [0.5, 0.6) is 5.75 Å². The summed E-state index contributed by atoms with van der Waals surface area (Å²) >= 11 is 0. The van der Waals surface area contributed by atoms with E-state index in [2.05, 4.69) is 0 Å². The van der Waals surface area contributed by atoms with Crippen molar-refractivity contribution in [1.82, 2.24) is 0 Å². The van der Waals surface area contributed by atoms with E-state index < -0.39 is 7.12 Å².